The highest BCUT2D eigenvalue weighted by Gasteiger charge is 2.19. The van der Waals surface area contributed by atoms with Gasteiger partial charge in [-0.1, -0.05) is 6.07 Å². The maximum absolute atomic E-state index is 9.96. The summed E-state index contributed by atoms with van der Waals surface area (Å²) in [7, 11) is 4.24. The molecule has 1 unspecified atom stereocenters. The second kappa shape index (κ2) is 6.46. The summed E-state index contributed by atoms with van der Waals surface area (Å²) in [5.74, 6) is 0.891. The monoisotopic (exact) mass is 278 g/mol. The van der Waals surface area contributed by atoms with Gasteiger partial charge in [0.15, 0.2) is 0 Å². The molecule has 4 nitrogen and oxygen atoms in total. The molecule has 20 heavy (non-hydrogen) atoms. The number of hydrogen-bond acceptors (Lipinski definition) is 4. The summed E-state index contributed by atoms with van der Waals surface area (Å²) in [5.41, 5.74) is 1.59. The van der Waals surface area contributed by atoms with Gasteiger partial charge in [0.25, 0.3) is 0 Å². The lowest BCUT2D eigenvalue weighted by Gasteiger charge is -2.32. The third-order valence-electron chi connectivity index (χ3n) is 4.28. The highest BCUT2D eigenvalue weighted by molar-refractivity contribution is 5.53. The van der Waals surface area contributed by atoms with Crippen LogP contribution in [0.3, 0.4) is 0 Å². The smallest absolute Gasteiger partial charge is 0.123 e. The SMILES string of the molecule is CC(O)c1ccc(N(C)CC2CCN(C)CC2)cc1O. The molecule has 1 aliphatic rings. The van der Waals surface area contributed by atoms with E-state index in [4.69, 9.17) is 0 Å². The van der Waals surface area contributed by atoms with Crippen molar-refractivity contribution >= 4 is 5.69 Å². The Morgan fingerprint density at radius 3 is 2.55 bits per heavy atom. The van der Waals surface area contributed by atoms with Gasteiger partial charge in [-0.3, -0.25) is 0 Å². The van der Waals surface area contributed by atoms with E-state index in [2.05, 4.69) is 23.9 Å². The van der Waals surface area contributed by atoms with Gasteiger partial charge in [-0.25, -0.2) is 0 Å². The van der Waals surface area contributed by atoms with Gasteiger partial charge >= 0.3 is 0 Å². The number of nitrogens with zero attached hydrogens (tertiary/aromatic N) is 2. The van der Waals surface area contributed by atoms with Crippen LogP contribution in [0.15, 0.2) is 18.2 Å². The standard InChI is InChI=1S/C16H26N2O2/c1-12(19)15-5-4-14(10-16(15)20)18(3)11-13-6-8-17(2)9-7-13/h4-5,10,12-13,19-20H,6-9,11H2,1-3H3. The minimum absolute atomic E-state index is 0.174. The number of anilines is 1. The minimum Gasteiger partial charge on any atom is -0.507 e. The molecule has 0 aliphatic carbocycles. The van der Waals surface area contributed by atoms with Crippen molar-refractivity contribution in [3.63, 3.8) is 0 Å². The Morgan fingerprint density at radius 1 is 1.35 bits per heavy atom. The van der Waals surface area contributed by atoms with Crippen molar-refractivity contribution in [1.82, 2.24) is 4.90 Å². The van der Waals surface area contributed by atoms with Crippen LogP contribution in [0.1, 0.15) is 31.4 Å². The van der Waals surface area contributed by atoms with Crippen molar-refractivity contribution in [2.75, 3.05) is 38.6 Å². The number of phenols is 1. The first-order valence-corrected chi connectivity index (χ1v) is 7.38. The van der Waals surface area contributed by atoms with Crippen LogP contribution in [0.4, 0.5) is 5.69 Å². The fraction of sp³-hybridized carbons (Fsp3) is 0.625. The summed E-state index contributed by atoms with van der Waals surface area (Å²) in [6, 6.07) is 5.52. The van der Waals surface area contributed by atoms with Crippen molar-refractivity contribution in [2.45, 2.75) is 25.9 Å². The van der Waals surface area contributed by atoms with Gasteiger partial charge in [0, 0.05) is 30.9 Å². The second-order valence-corrected chi connectivity index (χ2v) is 6.05. The van der Waals surface area contributed by atoms with Gasteiger partial charge in [0.1, 0.15) is 5.75 Å². The fourth-order valence-electron chi connectivity index (χ4n) is 2.86. The maximum Gasteiger partial charge on any atom is 0.123 e. The summed E-state index contributed by atoms with van der Waals surface area (Å²) in [6.45, 7) is 5.02. The van der Waals surface area contributed by atoms with E-state index in [1.807, 2.05) is 6.07 Å². The number of rotatable bonds is 4. The molecular formula is C16H26N2O2. The van der Waals surface area contributed by atoms with E-state index in [1.54, 1.807) is 19.1 Å². The number of aliphatic hydroxyl groups excluding tert-OH is 1. The van der Waals surface area contributed by atoms with Gasteiger partial charge in [-0.15, -0.1) is 0 Å². The zero-order valence-corrected chi connectivity index (χ0v) is 12.7. The first-order chi connectivity index (χ1) is 9.47. The largest absolute Gasteiger partial charge is 0.507 e. The molecule has 1 saturated heterocycles. The van der Waals surface area contributed by atoms with Crippen LogP contribution >= 0.6 is 0 Å². The Balaban J connectivity index is 1.98. The van der Waals surface area contributed by atoms with Crippen LogP contribution in [0.5, 0.6) is 5.75 Å². The molecule has 4 heteroatoms. The summed E-state index contributed by atoms with van der Waals surface area (Å²) in [4.78, 5) is 4.57. The maximum atomic E-state index is 9.96. The number of likely N-dealkylation sites (tertiary alicyclic amines) is 1. The Hall–Kier alpha value is -1.26. The quantitative estimate of drug-likeness (QED) is 0.886. The highest BCUT2D eigenvalue weighted by Crippen LogP contribution is 2.29. The van der Waals surface area contributed by atoms with E-state index in [-0.39, 0.29) is 5.75 Å². The predicted molar refractivity (Wildman–Crippen MR) is 82.2 cm³/mol. The van der Waals surface area contributed by atoms with Crippen LogP contribution in [0.2, 0.25) is 0 Å². The lowest BCUT2D eigenvalue weighted by atomic mass is 9.96. The molecule has 1 aromatic carbocycles. The Kier molecular flexibility index (Phi) is 4.89. The summed E-state index contributed by atoms with van der Waals surface area (Å²) < 4.78 is 0. The number of hydrogen-bond donors (Lipinski definition) is 2. The first kappa shape index (κ1) is 15.1. The average molecular weight is 278 g/mol. The fourth-order valence-corrected chi connectivity index (χ4v) is 2.86. The third-order valence-corrected chi connectivity index (χ3v) is 4.28. The molecule has 0 amide bonds. The van der Waals surface area contributed by atoms with Crippen LogP contribution in [0.25, 0.3) is 0 Å². The van der Waals surface area contributed by atoms with Crippen molar-refractivity contribution in [3.8, 4) is 5.75 Å². The van der Waals surface area contributed by atoms with Crippen LogP contribution < -0.4 is 4.90 Å². The van der Waals surface area contributed by atoms with E-state index in [9.17, 15) is 10.2 Å². The van der Waals surface area contributed by atoms with E-state index < -0.39 is 6.10 Å². The lowest BCUT2D eigenvalue weighted by Crippen LogP contribution is -2.35. The van der Waals surface area contributed by atoms with E-state index in [1.165, 1.54) is 25.9 Å². The normalized spacial score (nSPS) is 19.0. The van der Waals surface area contributed by atoms with Gasteiger partial charge in [0.05, 0.1) is 6.10 Å². The Bertz CT molecular complexity index is 440. The van der Waals surface area contributed by atoms with Gasteiger partial charge < -0.3 is 20.0 Å². The van der Waals surface area contributed by atoms with E-state index in [0.717, 1.165) is 18.2 Å². The van der Waals surface area contributed by atoms with Crippen molar-refractivity contribution in [2.24, 2.45) is 5.92 Å². The molecule has 1 atom stereocenters. The van der Waals surface area contributed by atoms with Gasteiger partial charge in [0.2, 0.25) is 0 Å². The number of aliphatic hydroxyl groups is 1. The predicted octanol–water partition coefficient (Wildman–Crippen LogP) is 2.22. The Labute approximate surface area is 121 Å². The molecule has 0 bridgehead atoms. The topological polar surface area (TPSA) is 46.9 Å². The second-order valence-electron chi connectivity index (χ2n) is 6.05. The molecule has 0 aromatic heterocycles. The lowest BCUT2D eigenvalue weighted by molar-refractivity contribution is 0.195. The molecule has 0 saturated carbocycles. The number of piperidine rings is 1. The summed E-state index contributed by atoms with van der Waals surface area (Å²) in [6.07, 6.45) is 1.83. The molecule has 1 fully saturated rings. The number of aromatic hydroxyl groups is 1. The van der Waals surface area contributed by atoms with Crippen LogP contribution in [0, 0.1) is 5.92 Å². The molecule has 2 rings (SSSR count). The zero-order chi connectivity index (χ0) is 14.7. The van der Waals surface area contributed by atoms with Crippen molar-refractivity contribution in [3.05, 3.63) is 23.8 Å². The molecule has 2 N–H and O–H groups in total. The average Bonchev–Trinajstić information content (AvgIpc) is 2.40. The highest BCUT2D eigenvalue weighted by atomic mass is 16.3. The minimum atomic E-state index is -0.636. The number of benzene rings is 1. The molecule has 0 spiro atoms. The van der Waals surface area contributed by atoms with Crippen LogP contribution in [-0.2, 0) is 0 Å². The van der Waals surface area contributed by atoms with Gasteiger partial charge in [-0.05, 0) is 51.9 Å². The third kappa shape index (κ3) is 3.64. The van der Waals surface area contributed by atoms with Gasteiger partial charge in [-0.2, -0.15) is 0 Å². The molecule has 1 aliphatic heterocycles. The van der Waals surface area contributed by atoms with E-state index in [0.29, 0.717) is 5.56 Å². The Morgan fingerprint density at radius 2 is 2.00 bits per heavy atom. The van der Waals surface area contributed by atoms with Crippen LogP contribution in [-0.4, -0.2) is 48.8 Å². The summed E-state index contributed by atoms with van der Waals surface area (Å²) in [5, 5.41) is 19.5. The molecule has 1 aromatic rings. The number of phenolic OH excluding ortho intramolecular Hbond substituents is 1. The van der Waals surface area contributed by atoms with E-state index >= 15 is 0 Å². The zero-order valence-electron chi connectivity index (χ0n) is 12.7. The molecular weight excluding hydrogens is 252 g/mol. The molecule has 0 radical (unpaired) electrons. The van der Waals surface area contributed by atoms with Crippen molar-refractivity contribution in [1.29, 1.82) is 0 Å². The first-order valence-electron chi connectivity index (χ1n) is 7.38. The molecule has 112 valence electrons. The van der Waals surface area contributed by atoms with Crippen molar-refractivity contribution < 1.29 is 10.2 Å². The molecule has 1 heterocycles. The summed E-state index contributed by atoms with van der Waals surface area (Å²) >= 11 is 0.